The van der Waals surface area contributed by atoms with Crippen molar-refractivity contribution in [3.8, 4) is 0 Å². The van der Waals surface area contributed by atoms with Crippen LogP contribution in [0.5, 0.6) is 0 Å². The lowest BCUT2D eigenvalue weighted by Gasteiger charge is -2.28. The van der Waals surface area contributed by atoms with Crippen LogP contribution < -0.4 is 104 Å². The van der Waals surface area contributed by atoms with E-state index < -0.39 is 206 Å². The molecule has 1 rings (SSSR count). The van der Waals surface area contributed by atoms with E-state index in [1.54, 1.807) is 25.0 Å². The zero-order valence-corrected chi connectivity index (χ0v) is 61.5. The third-order valence-corrected chi connectivity index (χ3v) is 17.5. The highest BCUT2D eigenvalue weighted by atomic mass is 32.2. The summed E-state index contributed by atoms with van der Waals surface area (Å²) in [5.41, 5.74) is 44.5. The number of aliphatic hydroxyl groups is 1. The van der Waals surface area contributed by atoms with E-state index in [1.807, 2.05) is 0 Å². The summed E-state index contributed by atoms with van der Waals surface area (Å²) in [5.74, 6) is -14.2. The van der Waals surface area contributed by atoms with Gasteiger partial charge < -0.3 is 120 Å². The number of imidazole rings is 1. The van der Waals surface area contributed by atoms with Gasteiger partial charge in [0, 0.05) is 50.7 Å². The van der Waals surface area contributed by atoms with Crippen molar-refractivity contribution in [3.63, 3.8) is 0 Å². The molecule has 0 saturated carbocycles. The first-order valence-corrected chi connectivity index (χ1v) is 38.1. The molecular weight excluding hydrogens is 1430 g/mol. The van der Waals surface area contributed by atoms with Gasteiger partial charge in [-0.1, -0.05) is 0 Å². The van der Waals surface area contributed by atoms with Gasteiger partial charge in [-0.15, -0.1) is 0 Å². The van der Waals surface area contributed by atoms with Crippen molar-refractivity contribution in [1.82, 2.24) is 68.5 Å². The number of aliphatic imine (C=N–C) groups is 2. The number of hydrogen-bond donors (Lipinski definition) is 22. The fourth-order valence-corrected chi connectivity index (χ4v) is 11.2. The standard InChI is InChI=1S/C59H103N23O17S4/c1-30(83)46(82-55(96)34(9-7-21-70-59(66)67)74-47(88)32(60)16-22-100-2)56(97)79-37(12-15-44(63)86)52(93)77-38(17-23-101-3)53(94)76-35(10-13-42(61)84)50(91)75-36(11-14-43(62)85)51(92)78-39(18-24-102-4)54(95)81-41(26-31-27-68-29-72-31)48(89)71-28-45(87)73-33(8-6-20-69-58(64)65)49(90)80-40(57(98)99)19-25-103-5/h27,29-30,32-41,46,83H,6-26,28,60H2,1-5H3,(H2,61,84)(H2,62,85)(H2,63,86)(H,68,72)(H,71,89)(H,73,87)(H,74,88)(H,75,91)(H,76,94)(H,77,93)(H,78,92)(H,79,97)(H,80,90)(H,81,95)(H,82,96)(H,98,99)(H4,64,65,69)(H4,66,67,70)/t30-,32+,33+,34+,35+,36+,37+,38+,39+,40+,41+,46+/m1/s1. The number of carbonyl (C=O) groups excluding carboxylic acids is 14. The summed E-state index contributed by atoms with van der Waals surface area (Å²) in [7, 11) is 0. The van der Waals surface area contributed by atoms with E-state index >= 15 is 0 Å². The first-order valence-electron chi connectivity index (χ1n) is 32.5. The van der Waals surface area contributed by atoms with E-state index in [0.29, 0.717) is 17.2 Å². The molecule has 30 N–H and O–H groups in total. The number of nitrogens with one attached hydrogen (secondary N) is 12. The highest BCUT2D eigenvalue weighted by Gasteiger charge is 2.37. The Kier molecular flexibility index (Phi) is 45.9. The van der Waals surface area contributed by atoms with Gasteiger partial charge in [0.15, 0.2) is 11.9 Å². The number of aromatic amines is 1. The SMILES string of the molecule is CSCC[C@H](NC(=O)[C@H](CCCN=C(N)N)NC(=O)CNC(=O)[C@H](Cc1cnc[nH]1)NC(=O)[C@H](CCSC)NC(=O)[C@H](CCC(N)=O)NC(=O)[C@H](CCC(N)=O)NC(=O)[C@H](CCSC)NC(=O)[C@H](CCC(N)=O)NC(=O)[C@@H](NC(=O)[C@H](CCCN=C(N)N)NC(=O)[C@@H](N)CCSC)[C@@H](C)O)C(=O)O. The molecule has 0 aliphatic rings. The van der Waals surface area contributed by atoms with E-state index in [9.17, 15) is 82.1 Å². The number of aromatic nitrogens is 2. The molecule has 0 fully saturated rings. The number of carboxylic acids is 1. The summed E-state index contributed by atoms with van der Waals surface area (Å²) in [4.78, 5) is 217. The molecule has 0 bridgehead atoms. The molecule has 0 saturated heterocycles. The molecule has 0 aromatic carbocycles. The monoisotopic (exact) mass is 1530 g/mol. The topological polar surface area (TPSA) is 690 Å². The van der Waals surface area contributed by atoms with Crippen molar-refractivity contribution in [1.29, 1.82) is 0 Å². The Bertz CT molecular complexity index is 3020. The number of amides is 14. The summed E-state index contributed by atoms with van der Waals surface area (Å²) >= 11 is 5.26. The van der Waals surface area contributed by atoms with Crippen LogP contribution in [-0.2, 0) is 78.3 Å². The van der Waals surface area contributed by atoms with Gasteiger partial charge in [-0.05, 0) is 126 Å². The third-order valence-electron chi connectivity index (χ3n) is 14.9. The number of primary amides is 3. The van der Waals surface area contributed by atoms with Crippen molar-refractivity contribution in [2.75, 3.05) is 67.7 Å². The van der Waals surface area contributed by atoms with E-state index in [4.69, 9.17) is 45.9 Å². The largest absolute Gasteiger partial charge is 0.480 e. The van der Waals surface area contributed by atoms with Crippen LogP contribution in [0.3, 0.4) is 0 Å². The number of thioether (sulfide) groups is 4. The molecule has 0 spiro atoms. The molecule has 580 valence electrons. The second kappa shape index (κ2) is 51.3. The van der Waals surface area contributed by atoms with Crippen LogP contribution in [-0.4, -0.2) is 261 Å². The molecule has 0 aliphatic carbocycles. The number of rotatable bonds is 55. The lowest BCUT2D eigenvalue weighted by atomic mass is 10.0. The number of nitrogens with two attached hydrogens (primary N) is 8. The van der Waals surface area contributed by atoms with Crippen LogP contribution in [0.4, 0.5) is 0 Å². The molecule has 40 nitrogen and oxygen atoms in total. The maximum Gasteiger partial charge on any atom is 0.326 e. The Morgan fingerprint density at radius 1 is 0.447 bits per heavy atom. The van der Waals surface area contributed by atoms with Crippen LogP contribution in [0, 0.1) is 0 Å². The molecule has 0 unspecified atom stereocenters. The molecule has 103 heavy (non-hydrogen) atoms. The first kappa shape index (κ1) is 92.1. The van der Waals surface area contributed by atoms with Gasteiger partial charge in [-0.25, -0.2) is 9.78 Å². The molecule has 1 heterocycles. The smallest absolute Gasteiger partial charge is 0.326 e. The Balaban J connectivity index is 3.63. The molecule has 14 amide bonds. The Hall–Kier alpha value is -8.88. The zero-order valence-electron chi connectivity index (χ0n) is 58.3. The number of carbonyl (C=O) groups is 15. The first-order chi connectivity index (χ1) is 48.7. The van der Waals surface area contributed by atoms with Gasteiger partial charge in [0.25, 0.3) is 0 Å². The van der Waals surface area contributed by atoms with E-state index in [-0.39, 0.29) is 94.3 Å². The van der Waals surface area contributed by atoms with Crippen LogP contribution in [0.2, 0.25) is 0 Å². The summed E-state index contributed by atoms with van der Waals surface area (Å²) in [5, 5.41) is 47.7. The second-order valence-electron chi connectivity index (χ2n) is 23.3. The number of H-pyrrole nitrogens is 1. The fraction of sp³-hybridized carbons (Fsp3) is 0.661. The Morgan fingerprint density at radius 3 is 1.16 bits per heavy atom. The van der Waals surface area contributed by atoms with Gasteiger partial charge in [-0.3, -0.25) is 77.1 Å². The number of carboxylic acid groups (broad SMARTS) is 1. The van der Waals surface area contributed by atoms with E-state index in [1.165, 1.54) is 59.6 Å². The van der Waals surface area contributed by atoms with Crippen LogP contribution in [0.15, 0.2) is 22.5 Å². The normalized spacial score (nSPS) is 14.4. The minimum atomic E-state index is -1.83. The zero-order chi connectivity index (χ0) is 77.7. The summed E-state index contributed by atoms with van der Waals surface area (Å²) < 4.78 is 0. The predicted molar refractivity (Wildman–Crippen MR) is 389 cm³/mol. The second-order valence-corrected chi connectivity index (χ2v) is 27.3. The van der Waals surface area contributed by atoms with Gasteiger partial charge in [0.05, 0.1) is 25.0 Å². The van der Waals surface area contributed by atoms with Crippen molar-refractivity contribution < 1.29 is 82.1 Å². The molecule has 1 aromatic heterocycles. The average molecular weight is 1530 g/mol. The molecule has 44 heteroatoms. The Morgan fingerprint density at radius 2 is 0.786 bits per heavy atom. The lowest BCUT2D eigenvalue weighted by molar-refractivity contribution is -0.142. The molecular formula is C59H103N23O17S4. The molecule has 12 atom stereocenters. The quantitative estimate of drug-likeness (QED) is 0.0164. The van der Waals surface area contributed by atoms with Gasteiger partial charge in [0.1, 0.15) is 60.4 Å². The maximum absolute atomic E-state index is 14.4. The van der Waals surface area contributed by atoms with Crippen molar-refractivity contribution in [2.45, 2.75) is 176 Å². The van der Waals surface area contributed by atoms with Crippen molar-refractivity contribution >= 4 is 148 Å². The third kappa shape index (κ3) is 39.4. The number of aliphatic hydroxyl groups excluding tert-OH is 1. The molecule has 1 aromatic rings. The van der Waals surface area contributed by atoms with Gasteiger partial charge >= 0.3 is 5.97 Å². The minimum Gasteiger partial charge on any atom is -0.480 e. The summed E-state index contributed by atoms with van der Waals surface area (Å²) in [6.45, 7) is 0.446. The van der Waals surface area contributed by atoms with E-state index in [0.717, 1.165) is 6.92 Å². The van der Waals surface area contributed by atoms with Crippen LogP contribution >= 0.6 is 47.0 Å². The Labute approximate surface area is 612 Å². The van der Waals surface area contributed by atoms with Crippen molar-refractivity contribution in [2.24, 2.45) is 55.9 Å². The highest BCUT2D eigenvalue weighted by Crippen LogP contribution is 2.13. The van der Waals surface area contributed by atoms with Crippen LogP contribution in [0.25, 0.3) is 0 Å². The predicted octanol–water partition coefficient (Wildman–Crippen LogP) is -8.37. The molecule has 0 radical (unpaired) electrons. The van der Waals surface area contributed by atoms with Crippen molar-refractivity contribution in [3.05, 3.63) is 18.2 Å². The number of nitrogens with zero attached hydrogens (tertiary/aromatic N) is 3. The lowest BCUT2D eigenvalue weighted by Crippen LogP contribution is -2.62. The van der Waals surface area contributed by atoms with E-state index in [2.05, 4.69) is 78.4 Å². The number of guanidine groups is 2. The van der Waals surface area contributed by atoms with Gasteiger partial charge in [-0.2, -0.15) is 47.0 Å². The van der Waals surface area contributed by atoms with Gasteiger partial charge in [0.2, 0.25) is 82.7 Å². The fourth-order valence-electron chi connectivity index (χ4n) is 9.28. The highest BCUT2D eigenvalue weighted by molar-refractivity contribution is 7.99. The summed E-state index contributed by atoms with van der Waals surface area (Å²) in [6.07, 6.45) is 4.60. The number of aliphatic carboxylic acids is 1. The maximum atomic E-state index is 14.4. The average Bonchev–Trinajstić information content (AvgIpc) is 1.28. The molecule has 0 aliphatic heterocycles. The minimum absolute atomic E-state index is 0.0369. The number of hydrogen-bond acceptors (Lipinski definition) is 24. The summed E-state index contributed by atoms with van der Waals surface area (Å²) in [6, 6.07) is -16.6. The van der Waals surface area contributed by atoms with Crippen LogP contribution in [0.1, 0.15) is 103 Å².